The Morgan fingerprint density at radius 2 is 2.10 bits per heavy atom. The van der Waals surface area contributed by atoms with Crippen LogP contribution in [0.5, 0.6) is 0 Å². The highest BCUT2D eigenvalue weighted by Gasteiger charge is 2.34. The largest absolute Gasteiger partial charge is 0.376 e. The molecule has 3 rings (SSSR count). The van der Waals surface area contributed by atoms with Crippen molar-refractivity contribution in [2.45, 2.75) is 46.4 Å². The second-order valence-electron chi connectivity index (χ2n) is 7.74. The van der Waals surface area contributed by atoms with Crippen LogP contribution >= 0.6 is 11.6 Å². The van der Waals surface area contributed by atoms with E-state index in [0.29, 0.717) is 36.0 Å². The Balaban J connectivity index is 1.87. The van der Waals surface area contributed by atoms with E-state index in [-0.39, 0.29) is 30.2 Å². The molecular formula is C22H31ClN4O4. The predicted octanol–water partition coefficient (Wildman–Crippen LogP) is 2.54. The topological polar surface area (TPSA) is 88.6 Å². The van der Waals surface area contributed by atoms with Gasteiger partial charge in [-0.1, -0.05) is 11.6 Å². The predicted molar refractivity (Wildman–Crippen MR) is 121 cm³/mol. The van der Waals surface area contributed by atoms with Crippen LogP contribution in [0.4, 0.5) is 5.69 Å². The Kier molecular flexibility index (Phi) is 7.46. The van der Waals surface area contributed by atoms with Crippen molar-refractivity contribution in [2.75, 3.05) is 31.3 Å². The summed E-state index contributed by atoms with van der Waals surface area (Å²) in [5.41, 5.74) is 3.31. The average molecular weight is 451 g/mol. The molecule has 1 aromatic heterocycles. The van der Waals surface area contributed by atoms with Crippen LogP contribution in [0, 0.1) is 13.8 Å². The van der Waals surface area contributed by atoms with Crippen LogP contribution in [0.3, 0.4) is 0 Å². The van der Waals surface area contributed by atoms with Gasteiger partial charge in [0.1, 0.15) is 6.10 Å². The second kappa shape index (κ2) is 9.89. The van der Waals surface area contributed by atoms with E-state index in [0.717, 1.165) is 23.5 Å². The molecule has 1 amide bonds. The first kappa shape index (κ1) is 23.4. The number of nitrogens with one attached hydrogen (secondary N) is 2. The molecular weight excluding hydrogens is 420 g/mol. The molecule has 0 aliphatic carbocycles. The minimum Gasteiger partial charge on any atom is -0.376 e. The number of ether oxygens (including phenoxy) is 2. The van der Waals surface area contributed by atoms with E-state index in [2.05, 4.69) is 22.2 Å². The highest BCUT2D eigenvalue weighted by atomic mass is 35.5. The van der Waals surface area contributed by atoms with Crippen molar-refractivity contribution < 1.29 is 14.3 Å². The fourth-order valence-corrected chi connectivity index (χ4v) is 4.39. The second-order valence-corrected chi connectivity index (χ2v) is 8.18. The molecule has 1 fully saturated rings. The van der Waals surface area contributed by atoms with Gasteiger partial charge < -0.3 is 19.7 Å². The van der Waals surface area contributed by atoms with Crippen molar-refractivity contribution in [1.29, 1.82) is 0 Å². The lowest BCUT2D eigenvalue weighted by Crippen LogP contribution is -2.45. The fraction of sp³-hybridized carbons (Fsp3) is 0.545. The van der Waals surface area contributed by atoms with Gasteiger partial charge in [-0.15, -0.1) is 0 Å². The molecule has 1 aliphatic rings. The van der Waals surface area contributed by atoms with Crippen LogP contribution < -0.4 is 15.8 Å². The van der Waals surface area contributed by atoms with Gasteiger partial charge >= 0.3 is 0 Å². The number of H-pyrrole nitrogens is 1. The van der Waals surface area contributed by atoms with E-state index in [1.807, 2.05) is 26.8 Å². The normalized spacial score (nSPS) is 18.4. The van der Waals surface area contributed by atoms with Crippen LogP contribution in [-0.2, 0) is 23.1 Å². The lowest BCUT2D eigenvalue weighted by atomic mass is 10.0. The summed E-state index contributed by atoms with van der Waals surface area (Å²) >= 11 is 6.41. The number of halogens is 1. The molecule has 2 N–H and O–H groups in total. The van der Waals surface area contributed by atoms with E-state index in [9.17, 15) is 9.59 Å². The lowest BCUT2D eigenvalue weighted by Gasteiger charge is -2.34. The molecule has 2 atom stereocenters. The van der Waals surface area contributed by atoms with Gasteiger partial charge in [0.15, 0.2) is 0 Å². The average Bonchev–Trinajstić information content (AvgIpc) is 3.27. The van der Waals surface area contributed by atoms with Crippen molar-refractivity contribution in [2.24, 2.45) is 7.05 Å². The Bertz CT molecular complexity index is 1000. The number of likely N-dealkylation sites (N-methyl/N-ethyl adjacent to an activating group) is 1. The van der Waals surface area contributed by atoms with Crippen LogP contribution in [-0.4, -0.2) is 54.2 Å². The molecule has 31 heavy (non-hydrogen) atoms. The number of anilines is 1. The molecule has 2 aromatic rings. The first-order chi connectivity index (χ1) is 14.8. The van der Waals surface area contributed by atoms with Crippen molar-refractivity contribution in [3.63, 3.8) is 0 Å². The number of rotatable bonds is 8. The summed E-state index contributed by atoms with van der Waals surface area (Å²) in [5, 5.41) is 6.28. The maximum Gasteiger partial charge on any atom is 0.271 e. The molecule has 0 radical (unpaired) electrons. The molecule has 1 aromatic carbocycles. The maximum absolute atomic E-state index is 13.0. The number of carbonyl (C=O) groups excluding carboxylic acids is 1. The smallest absolute Gasteiger partial charge is 0.271 e. The summed E-state index contributed by atoms with van der Waals surface area (Å²) in [6.45, 7) is 10.3. The molecule has 170 valence electrons. The van der Waals surface area contributed by atoms with Crippen molar-refractivity contribution in [3.05, 3.63) is 49.9 Å². The molecule has 0 unspecified atom stereocenters. The first-order valence-electron chi connectivity index (χ1n) is 10.6. The number of aryl methyl sites for hydroxylation is 2. The Morgan fingerprint density at radius 3 is 2.71 bits per heavy atom. The molecule has 8 nitrogen and oxygen atoms in total. The van der Waals surface area contributed by atoms with E-state index in [4.69, 9.17) is 21.1 Å². The van der Waals surface area contributed by atoms with Crippen molar-refractivity contribution >= 4 is 23.2 Å². The van der Waals surface area contributed by atoms with Gasteiger partial charge in [0.2, 0.25) is 0 Å². The van der Waals surface area contributed by atoms with Crippen molar-refractivity contribution in [3.8, 4) is 0 Å². The molecule has 1 saturated heterocycles. The van der Waals surface area contributed by atoms with Gasteiger partial charge in [0.25, 0.3) is 11.5 Å². The first-order valence-corrected chi connectivity index (χ1v) is 10.9. The number of nitrogens with zero attached hydrogens (tertiary/aromatic N) is 2. The Hall–Kier alpha value is -2.29. The van der Waals surface area contributed by atoms with Crippen LogP contribution in [0.25, 0.3) is 0 Å². The summed E-state index contributed by atoms with van der Waals surface area (Å²) in [6.07, 6.45) is -0.0339. The third-order valence-corrected chi connectivity index (χ3v) is 6.02. The van der Waals surface area contributed by atoms with E-state index < -0.39 is 0 Å². The molecule has 9 heteroatoms. The third kappa shape index (κ3) is 4.81. The summed E-state index contributed by atoms with van der Waals surface area (Å²) in [4.78, 5) is 27.4. The number of benzene rings is 1. The molecule has 0 bridgehead atoms. The number of aromatic amines is 1. The zero-order valence-corrected chi connectivity index (χ0v) is 19.5. The molecule has 0 spiro atoms. The van der Waals surface area contributed by atoms with Crippen LogP contribution in [0.1, 0.15) is 41.0 Å². The van der Waals surface area contributed by atoms with Crippen LogP contribution in [0.15, 0.2) is 16.9 Å². The van der Waals surface area contributed by atoms with E-state index in [1.165, 1.54) is 4.68 Å². The van der Waals surface area contributed by atoms with Crippen molar-refractivity contribution in [1.82, 2.24) is 15.1 Å². The molecule has 2 heterocycles. The standard InChI is InChI=1S/C22H31ClN4O4/c1-6-27(19-11-30-12-20(19)31-7-2)18-9-15(23)8-16(13(18)3)21(28)24-10-17-14(4)25-26(5)22(17)29/h8-9,19-20,25H,6-7,10-12H2,1-5H3,(H,24,28)/t19-,20-/m0/s1. The Morgan fingerprint density at radius 1 is 1.35 bits per heavy atom. The minimum absolute atomic E-state index is 0.0339. The highest BCUT2D eigenvalue weighted by molar-refractivity contribution is 6.31. The van der Waals surface area contributed by atoms with Gasteiger partial charge in [0.05, 0.1) is 31.4 Å². The van der Waals surface area contributed by atoms with Gasteiger partial charge in [-0.3, -0.25) is 19.4 Å². The van der Waals surface area contributed by atoms with Crippen LogP contribution in [0.2, 0.25) is 5.02 Å². The summed E-state index contributed by atoms with van der Waals surface area (Å²) in [5.74, 6) is -0.274. The van der Waals surface area contributed by atoms with Gasteiger partial charge in [-0.25, -0.2) is 0 Å². The monoisotopic (exact) mass is 450 g/mol. The third-order valence-electron chi connectivity index (χ3n) is 5.80. The highest BCUT2D eigenvalue weighted by Crippen LogP contribution is 2.32. The van der Waals surface area contributed by atoms with Gasteiger partial charge in [-0.2, -0.15) is 0 Å². The fourth-order valence-electron chi connectivity index (χ4n) is 4.17. The SMILES string of the molecule is CCO[C@H]1COC[C@@H]1N(CC)c1cc(Cl)cc(C(=O)NCc2c(C)[nH]n(C)c2=O)c1C. The zero-order chi connectivity index (χ0) is 22.7. The molecule has 1 aliphatic heterocycles. The van der Waals surface area contributed by atoms with E-state index >= 15 is 0 Å². The molecule has 0 saturated carbocycles. The number of aromatic nitrogens is 2. The van der Waals surface area contributed by atoms with Gasteiger partial charge in [0, 0.05) is 42.2 Å². The number of carbonyl (C=O) groups is 1. The lowest BCUT2D eigenvalue weighted by molar-refractivity contribution is 0.0449. The summed E-state index contributed by atoms with van der Waals surface area (Å²) in [6, 6.07) is 3.59. The van der Waals surface area contributed by atoms with Gasteiger partial charge in [-0.05, 0) is 45.4 Å². The quantitative estimate of drug-likeness (QED) is 0.645. The number of hydrogen-bond acceptors (Lipinski definition) is 5. The number of amides is 1. The number of hydrogen-bond donors (Lipinski definition) is 2. The Labute approximate surface area is 187 Å². The summed E-state index contributed by atoms with van der Waals surface area (Å²) in [7, 11) is 1.65. The minimum atomic E-state index is -0.274. The maximum atomic E-state index is 13.0. The zero-order valence-electron chi connectivity index (χ0n) is 18.8. The van der Waals surface area contributed by atoms with E-state index in [1.54, 1.807) is 13.1 Å². The summed E-state index contributed by atoms with van der Waals surface area (Å²) < 4.78 is 12.9.